The third-order valence-corrected chi connectivity index (χ3v) is 3.75. The van der Waals surface area contributed by atoms with Crippen molar-refractivity contribution in [2.45, 2.75) is 57.2 Å². The molecule has 0 spiro atoms. The normalized spacial score (nSPS) is 25.9. The molecule has 3 heteroatoms. The van der Waals surface area contributed by atoms with Gasteiger partial charge in [-0.2, -0.15) is 0 Å². The van der Waals surface area contributed by atoms with Crippen LogP contribution in [0.4, 0.5) is 0 Å². The van der Waals surface area contributed by atoms with Crippen molar-refractivity contribution in [3.63, 3.8) is 0 Å². The molecule has 1 saturated heterocycles. The van der Waals surface area contributed by atoms with E-state index in [0.29, 0.717) is 6.04 Å². The van der Waals surface area contributed by atoms with Gasteiger partial charge in [0.15, 0.2) is 0 Å². The van der Waals surface area contributed by atoms with Crippen molar-refractivity contribution in [2.75, 3.05) is 0 Å². The number of piperidine rings is 1. The van der Waals surface area contributed by atoms with Gasteiger partial charge >= 0.3 is 0 Å². The Bertz CT molecular complexity index is 379. The topological polar surface area (TPSA) is 52.5 Å². The molecule has 1 aliphatic rings. The highest BCUT2D eigenvalue weighted by Crippen LogP contribution is 2.27. The number of aromatic hydroxyl groups is 1. The van der Waals surface area contributed by atoms with Crippen LogP contribution < -0.4 is 5.32 Å². The van der Waals surface area contributed by atoms with Crippen molar-refractivity contribution in [3.05, 3.63) is 29.8 Å². The predicted octanol–water partition coefficient (Wildman–Crippen LogP) is 2.74. The van der Waals surface area contributed by atoms with E-state index in [1.165, 1.54) is 19.3 Å². The van der Waals surface area contributed by atoms with Gasteiger partial charge in [0.05, 0.1) is 6.10 Å². The van der Waals surface area contributed by atoms with Crippen molar-refractivity contribution >= 4 is 0 Å². The molecule has 0 radical (unpaired) electrons. The molecule has 0 aliphatic carbocycles. The summed E-state index contributed by atoms with van der Waals surface area (Å²) < 4.78 is 0. The lowest BCUT2D eigenvalue weighted by Crippen LogP contribution is -2.45. The summed E-state index contributed by atoms with van der Waals surface area (Å²) in [6, 6.07) is 7.56. The Hall–Kier alpha value is -1.06. The molecule has 3 atom stereocenters. The summed E-state index contributed by atoms with van der Waals surface area (Å²) in [4.78, 5) is 0. The SMILES string of the molecule is CCC[C@@H]1CCC[C@@H]([C@@H](O)c2cccc(O)c2)N1. The van der Waals surface area contributed by atoms with E-state index < -0.39 is 6.10 Å². The number of hydrogen-bond acceptors (Lipinski definition) is 3. The van der Waals surface area contributed by atoms with E-state index in [9.17, 15) is 10.2 Å². The molecular formula is C15H23NO2. The molecule has 3 nitrogen and oxygen atoms in total. The predicted molar refractivity (Wildman–Crippen MR) is 72.5 cm³/mol. The molecule has 1 aliphatic heterocycles. The van der Waals surface area contributed by atoms with Crippen LogP contribution in [0.2, 0.25) is 0 Å². The van der Waals surface area contributed by atoms with Gasteiger partial charge in [-0.1, -0.05) is 31.9 Å². The van der Waals surface area contributed by atoms with E-state index in [2.05, 4.69) is 12.2 Å². The van der Waals surface area contributed by atoms with Crippen LogP contribution in [-0.4, -0.2) is 22.3 Å². The largest absolute Gasteiger partial charge is 0.508 e. The molecule has 18 heavy (non-hydrogen) atoms. The highest BCUT2D eigenvalue weighted by atomic mass is 16.3. The number of hydrogen-bond donors (Lipinski definition) is 3. The highest BCUT2D eigenvalue weighted by Gasteiger charge is 2.27. The van der Waals surface area contributed by atoms with E-state index in [4.69, 9.17) is 0 Å². The number of aliphatic hydroxyl groups is 1. The lowest BCUT2D eigenvalue weighted by atomic mass is 9.90. The molecule has 0 amide bonds. The molecule has 1 heterocycles. The second kappa shape index (κ2) is 6.21. The Balaban J connectivity index is 2.02. The third kappa shape index (κ3) is 3.24. The van der Waals surface area contributed by atoms with Gasteiger partial charge in [-0.25, -0.2) is 0 Å². The Kier molecular flexibility index (Phi) is 4.61. The van der Waals surface area contributed by atoms with Gasteiger partial charge in [0, 0.05) is 12.1 Å². The molecule has 1 aromatic carbocycles. The summed E-state index contributed by atoms with van der Waals surface area (Å²) in [6.45, 7) is 2.19. The smallest absolute Gasteiger partial charge is 0.115 e. The monoisotopic (exact) mass is 249 g/mol. The van der Waals surface area contributed by atoms with Crippen LogP contribution >= 0.6 is 0 Å². The molecule has 2 rings (SSSR count). The van der Waals surface area contributed by atoms with Crippen LogP contribution in [0.3, 0.4) is 0 Å². The molecule has 0 aromatic heterocycles. The van der Waals surface area contributed by atoms with Crippen LogP contribution in [0, 0.1) is 0 Å². The van der Waals surface area contributed by atoms with Crippen molar-refractivity contribution in [2.24, 2.45) is 0 Å². The average Bonchev–Trinajstić information content (AvgIpc) is 2.39. The maximum absolute atomic E-state index is 10.4. The fourth-order valence-electron chi connectivity index (χ4n) is 2.82. The van der Waals surface area contributed by atoms with Gasteiger partial charge in [0.25, 0.3) is 0 Å². The second-order valence-electron chi connectivity index (χ2n) is 5.23. The number of aliphatic hydroxyl groups excluding tert-OH is 1. The van der Waals surface area contributed by atoms with Crippen LogP contribution in [0.1, 0.15) is 50.7 Å². The Labute approximate surface area is 109 Å². The number of rotatable bonds is 4. The Morgan fingerprint density at radius 1 is 1.39 bits per heavy atom. The first-order valence-corrected chi connectivity index (χ1v) is 6.93. The Morgan fingerprint density at radius 3 is 2.94 bits per heavy atom. The number of benzene rings is 1. The van der Waals surface area contributed by atoms with E-state index >= 15 is 0 Å². The van der Waals surface area contributed by atoms with E-state index in [-0.39, 0.29) is 11.8 Å². The molecule has 0 bridgehead atoms. The fourth-order valence-corrected chi connectivity index (χ4v) is 2.82. The quantitative estimate of drug-likeness (QED) is 0.769. The second-order valence-corrected chi connectivity index (χ2v) is 5.23. The first-order valence-electron chi connectivity index (χ1n) is 6.93. The zero-order valence-electron chi connectivity index (χ0n) is 11.0. The summed E-state index contributed by atoms with van der Waals surface area (Å²) >= 11 is 0. The number of phenols is 1. The number of phenolic OH excluding ortho intramolecular Hbond substituents is 1. The summed E-state index contributed by atoms with van der Waals surface area (Å²) in [5, 5.41) is 23.4. The van der Waals surface area contributed by atoms with Gasteiger partial charge in [0.1, 0.15) is 5.75 Å². The minimum absolute atomic E-state index is 0.108. The molecule has 0 unspecified atom stereocenters. The molecule has 3 N–H and O–H groups in total. The van der Waals surface area contributed by atoms with Gasteiger partial charge in [0.2, 0.25) is 0 Å². The van der Waals surface area contributed by atoms with E-state index in [1.54, 1.807) is 18.2 Å². The van der Waals surface area contributed by atoms with Gasteiger partial charge < -0.3 is 15.5 Å². The van der Waals surface area contributed by atoms with Gasteiger partial charge in [-0.3, -0.25) is 0 Å². The number of nitrogens with one attached hydrogen (secondary N) is 1. The summed E-state index contributed by atoms with van der Waals surface area (Å²) in [7, 11) is 0. The molecule has 100 valence electrons. The molecular weight excluding hydrogens is 226 g/mol. The van der Waals surface area contributed by atoms with Crippen molar-refractivity contribution in [1.82, 2.24) is 5.32 Å². The molecule has 0 saturated carbocycles. The average molecular weight is 249 g/mol. The van der Waals surface area contributed by atoms with Crippen LogP contribution in [-0.2, 0) is 0 Å². The first-order chi connectivity index (χ1) is 8.70. The fraction of sp³-hybridized carbons (Fsp3) is 0.600. The maximum Gasteiger partial charge on any atom is 0.115 e. The van der Waals surface area contributed by atoms with Crippen LogP contribution in [0.5, 0.6) is 5.75 Å². The zero-order valence-corrected chi connectivity index (χ0v) is 11.0. The molecule has 1 fully saturated rings. The lowest BCUT2D eigenvalue weighted by molar-refractivity contribution is 0.0996. The van der Waals surface area contributed by atoms with Crippen molar-refractivity contribution in [1.29, 1.82) is 0 Å². The third-order valence-electron chi connectivity index (χ3n) is 3.75. The summed E-state index contributed by atoms with van der Waals surface area (Å²) in [5.74, 6) is 0.215. The minimum Gasteiger partial charge on any atom is -0.508 e. The van der Waals surface area contributed by atoms with Crippen LogP contribution in [0.25, 0.3) is 0 Å². The standard InChI is InChI=1S/C15H23NO2/c1-2-5-12-7-4-9-14(16-12)15(18)11-6-3-8-13(17)10-11/h3,6,8,10,12,14-18H,2,4-5,7,9H2,1H3/t12-,14+,15+/m1/s1. The van der Waals surface area contributed by atoms with E-state index in [0.717, 1.165) is 18.4 Å². The summed E-state index contributed by atoms with van der Waals surface area (Å²) in [5.41, 5.74) is 0.796. The summed E-state index contributed by atoms with van der Waals surface area (Å²) in [6.07, 6.45) is 5.18. The Morgan fingerprint density at radius 2 is 2.22 bits per heavy atom. The zero-order chi connectivity index (χ0) is 13.0. The van der Waals surface area contributed by atoms with Crippen LogP contribution in [0.15, 0.2) is 24.3 Å². The molecule has 1 aromatic rings. The van der Waals surface area contributed by atoms with Crippen molar-refractivity contribution in [3.8, 4) is 5.75 Å². The minimum atomic E-state index is -0.531. The van der Waals surface area contributed by atoms with E-state index in [1.807, 2.05) is 6.07 Å². The maximum atomic E-state index is 10.4. The van der Waals surface area contributed by atoms with Crippen molar-refractivity contribution < 1.29 is 10.2 Å². The highest BCUT2D eigenvalue weighted by molar-refractivity contribution is 5.29. The van der Waals surface area contributed by atoms with Gasteiger partial charge in [-0.05, 0) is 37.0 Å². The van der Waals surface area contributed by atoms with Gasteiger partial charge in [-0.15, -0.1) is 0 Å². The lowest BCUT2D eigenvalue weighted by Gasteiger charge is -2.34. The first kappa shape index (κ1) is 13.4.